The van der Waals surface area contributed by atoms with Crippen molar-refractivity contribution in [2.75, 3.05) is 0 Å². The Bertz CT molecular complexity index is 1490. The Balaban J connectivity index is 1.28. The summed E-state index contributed by atoms with van der Waals surface area (Å²) in [5, 5.41) is 13.8. The van der Waals surface area contributed by atoms with Crippen LogP contribution in [0.4, 0.5) is 0 Å². The van der Waals surface area contributed by atoms with Gasteiger partial charge in [-0.25, -0.2) is 4.98 Å². The van der Waals surface area contributed by atoms with Gasteiger partial charge in [0, 0.05) is 23.7 Å². The van der Waals surface area contributed by atoms with Gasteiger partial charge in [0.2, 0.25) is 11.8 Å². The lowest BCUT2D eigenvalue weighted by atomic mass is 10.2. The zero-order chi connectivity index (χ0) is 26.3. The van der Waals surface area contributed by atoms with Crippen LogP contribution in [-0.4, -0.2) is 25.8 Å². The van der Waals surface area contributed by atoms with Gasteiger partial charge in [-0.05, 0) is 55.3 Å². The minimum absolute atomic E-state index is 0.0191. The number of para-hydroxylation sites is 1. The van der Waals surface area contributed by atoms with Crippen LogP contribution in [0.25, 0.3) is 11.5 Å². The predicted molar refractivity (Wildman–Crippen MR) is 141 cm³/mol. The third kappa shape index (κ3) is 6.28. The number of hydrogen-bond donors (Lipinski definition) is 1. The molecule has 5 rings (SSSR count). The van der Waals surface area contributed by atoms with E-state index >= 15 is 0 Å². The Morgan fingerprint density at radius 3 is 2.34 bits per heavy atom. The Kier molecular flexibility index (Phi) is 7.49. The number of benzene rings is 3. The lowest BCUT2D eigenvalue weighted by Crippen LogP contribution is -2.03. The Morgan fingerprint density at radius 2 is 1.63 bits per heavy atom. The van der Waals surface area contributed by atoms with Crippen LogP contribution >= 0.6 is 0 Å². The standard InChI is InChI=1S/C30H27N3O5/c1-21-27(31-29(37-21)23-8-4-2-5-9-23)20-36-30-24(14-17-28(34)35)19-33(32-30)18-22-12-15-26(16-13-22)38-25-10-6-3-7-11-25/h2-13,15-16,19H,14,17-18,20H2,1H3,(H,34,35). The molecule has 0 radical (unpaired) electrons. The molecule has 8 nitrogen and oxygen atoms in total. The van der Waals surface area contributed by atoms with Crippen LogP contribution in [0.2, 0.25) is 0 Å². The number of carbonyl (C=O) groups is 1. The highest BCUT2D eigenvalue weighted by Gasteiger charge is 2.16. The van der Waals surface area contributed by atoms with Crippen molar-refractivity contribution >= 4 is 5.97 Å². The van der Waals surface area contributed by atoms with E-state index in [0.29, 0.717) is 36.2 Å². The molecule has 192 valence electrons. The number of oxazole rings is 1. The fourth-order valence-corrected chi connectivity index (χ4v) is 3.94. The number of aromatic nitrogens is 3. The molecule has 0 atom stereocenters. The van der Waals surface area contributed by atoms with Gasteiger partial charge < -0.3 is 19.0 Å². The quantitative estimate of drug-likeness (QED) is 0.224. The summed E-state index contributed by atoms with van der Waals surface area (Å²) >= 11 is 0. The molecule has 2 aromatic heterocycles. The van der Waals surface area contributed by atoms with Crippen LogP contribution in [-0.2, 0) is 24.4 Å². The number of nitrogens with zero attached hydrogens (tertiary/aromatic N) is 3. The van der Waals surface area contributed by atoms with E-state index < -0.39 is 5.97 Å². The molecular weight excluding hydrogens is 482 g/mol. The molecule has 0 unspecified atom stereocenters. The van der Waals surface area contributed by atoms with Gasteiger partial charge in [-0.2, -0.15) is 0 Å². The first-order valence-electron chi connectivity index (χ1n) is 12.3. The maximum absolute atomic E-state index is 11.2. The van der Waals surface area contributed by atoms with Gasteiger partial charge in [-0.15, -0.1) is 5.10 Å². The number of aliphatic carboxylic acids is 1. The van der Waals surface area contributed by atoms with Gasteiger partial charge in [0.1, 0.15) is 29.6 Å². The molecule has 0 fully saturated rings. The highest BCUT2D eigenvalue weighted by Crippen LogP contribution is 2.25. The third-order valence-corrected chi connectivity index (χ3v) is 5.91. The van der Waals surface area contributed by atoms with Crippen molar-refractivity contribution in [3.63, 3.8) is 0 Å². The summed E-state index contributed by atoms with van der Waals surface area (Å²) < 4.78 is 19.5. The second-order valence-electron chi connectivity index (χ2n) is 8.79. The Hall–Kier alpha value is -4.85. The minimum atomic E-state index is -0.877. The SMILES string of the molecule is Cc1oc(-c2ccccc2)nc1COc1nn(Cc2ccc(Oc3ccccc3)cc2)cc1CCC(=O)O. The zero-order valence-corrected chi connectivity index (χ0v) is 20.9. The van der Waals surface area contributed by atoms with Crippen molar-refractivity contribution in [3.8, 4) is 28.8 Å². The maximum atomic E-state index is 11.2. The van der Waals surface area contributed by atoms with Crippen LogP contribution in [0.15, 0.2) is 95.5 Å². The fraction of sp³-hybridized carbons (Fsp3) is 0.167. The van der Waals surface area contributed by atoms with E-state index in [1.165, 1.54) is 0 Å². The molecule has 0 aliphatic rings. The maximum Gasteiger partial charge on any atom is 0.303 e. The molecule has 0 bridgehead atoms. The first kappa shape index (κ1) is 24.8. The smallest absolute Gasteiger partial charge is 0.303 e. The topological polar surface area (TPSA) is 99.6 Å². The first-order chi connectivity index (χ1) is 18.5. The normalized spacial score (nSPS) is 10.9. The van der Waals surface area contributed by atoms with E-state index in [9.17, 15) is 9.90 Å². The van der Waals surface area contributed by atoms with E-state index in [-0.39, 0.29) is 13.0 Å². The minimum Gasteiger partial charge on any atom is -0.481 e. The first-order valence-corrected chi connectivity index (χ1v) is 12.3. The van der Waals surface area contributed by atoms with Gasteiger partial charge >= 0.3 is 5.97 Å². The fourth-order valence-electron chi connectivity index (χ4n) is 3.94. The number of carboxylic acid groups (broad SMARTS) is 1. The van der Waals surface area contributed by atoms with E-state index in [0.717, 1.165) is 28.2 Å². The number of rotatable bonds is 11. The molecule has 0 aliphatic heterocycles. The Labute approximate surface area is 220 Å². The summed E-state index contributed by atoms with van der Waals surface area (Å²) in [5.41, 5.74) is 3.29. The highest BCUT2D eigenvalue weighted by molar-refractivity contribution is 5.67. The van der Waals surface area contributed by atoms with Crippen molar-refractivity contribution < 1.29 is 23.8 Å². The average Bonchev–Trinajstić information content (AvgIpc) is 3.50. The van der Waals surface area contributed by atoms with Crippen molar-refractivity contribution in [2.24, 2.45) is 0 Å². The van der Waals surface area contributed by atoms with Gasteiger partial charge in [0.15, 0.2) is 0 Å². The average molecular weight is 510 g/mol. The zero-order valence-electron chi connectivity index (χ0n) is 20.9. The Morgan fingerprint density at radius 1 is 0.947 bits per heavy atom. The van der Waals surface area contributed by atoms with Crippen LogP contribution in [0.1, 0.15) is 29.0 Å². The molecule has 5 aromatic rings. The van der Waals surface area contributed by atoms with Gasteiger partial charge in [-0.1, -0.05) is 48.5 Å². The van der Waals surface area contributed by atoms with E-state index in [1.807, 2.05) is 98.0 Å². The van der Waals surface area contributed by atoms with Crippen LogP contribution in [0, 0.1) is 6.92 Å². The summed E-state index contributed by atoms with van der Waals surface area (Å²) in [4.78, 5) is 15.8. The van der Waals surface area contributed by atoms with Crippen molar-refractivity contribution in [3.05, 3.63) is 114 Å². The molecule has 38 heavy (non-hydrogen) atoms. The molecule has 0 saturated heterocycles. The number of aryl methyl sites for hydroxylation is 2. The van der Waals surface area contributed by atoms with Crippen LogP contribution in [0.5, 0.6) is 17.4 Å². The van der Waals surface area contributed by atoms with Crippen molar-refractivity contribution in [1.82, 2.24) is 14.8 Å². The number of hydrogen-bond acceptors (Lipinski definition) is 6. The third-order valence-electron chi connectivity index (χ3n) is 5.91. The van der Waals surface area contributed by atoms with Gasteiger partial charge in [0.05, 0.1) is 6.54 Å². The largest absolute Gasteiger partial charge is 0.481 e. The number of ether oxygens (including phenoxy) is 2. The van der Waals surface area contributed by atoms with E-state index in [2.05, 4.69) is 10.1 Å². The summed E-state index contributed by atoms with van der Waals surface area (Å²) in [6.07, 6.45) is 2.12. The lowest BCUT2D eigenvalue weighted by molar-refractivity contribution is -0.136. The van der Waals surface area contributed by atoms with Crippen LogP contribution in [0.3, 0.4) is 0 Å². The van der Waals surface area contributed by atoms with E-state index in [4.69, 9.17) is 13.9 Å². The molecule has 0 amide bonds. The van der Waals surface area contributed by atoms with Gasteiger partial charge in [0.25, 0.3) is 0 Å². The second-order valence-corrected chi connectivity index (χ2v) is 8.79. The number of carboxylic acids is 1. The summed E-state index contributed by atoms with van der Waals surface area (Å²) in [6.45, 7) is 2.49. The molecule has 0 spiro atoms. The monoisotopic (exact) mass is 509 g/mol. The molecule has 2 heterocycles. The predicted octanol–water partition coefficient (Wildman–Crippen LogP) is 6.28. The molecular formula is C30H27N3O5. The second kappa shape index (κ2) is 11.5. The molecule has 0 aliphatic carbocycles. The van der Waals surface area contributed by atoms with Crippen molar-refractivity contribution in [1.29, 1.82) is 0 Å². The van der Waals surface area contributed by atoms with Crippen molar-refractivity contribution in [2.45, 2.75) is 32.9 Å². The summed E-state index contributed by atoms with van der Waals surface area (Å²) in [6, 6.07) is 27.0. The van der Waals surface area contributed by atoms with Crippen LogP contribution < -0.4 is 9.47 Å². The molecule has 8 heteroatoms. The summed E-state index contributed by atoms with van der Waals surface area (Å²) in [5.74, 6) is 2.21. The molecule has 0 saturated carbocycles. The lowest BCUT2D eigenvalue weighted by Gasteiger charge is -2.07. The molecule has 1 N–H and O–H groups in total. The van der Waals surface area contributed by atoms with E-state index in [1.54, 1.807) is 4.68 Å². The summed E-state index contributed by atoms with van der Waals surface area (Å²) in [7, 11) is 0. The highest BCUT2D eigenvalue weighted by atomic mass is 16.5. The molecule has 3 aromatic carbocycles. The van der Waals surface area contributed by atoms with Gasteiger partial charge in [-0.3, -0.25) is 9.48 Å².